The van der Waals surface area contributed by atoms with Crippen LogP contribution in [0.2, 0.25) is 0 Å². The lowest BCUT2D eigenvalue weighted by Gasteiger charge is -2.11. The zero-order valence-corrected chi connectivity index (χ0v) is 14.6. The molecule has 2 rings (SSSR count). The third-order valence-electron chi connectivity index (χ3n) is 2.74. The normalized spacial score (nSPS) is 10.3. The first kappa shape index (κ1) is 15.5. The van der Waals surface area contributed by atoms with Gasteiger partial charge in [-0.3, -0.25) is 4.79 Å². The van der Waals surface area contributed by atoms with Gasteiger partial charge < -0.3 is 10.1 Å². The predicted octanol–water partition coefficient (Wildman–Crippen LogP) is 4.45. The first-order valence-corrected chi connectivity index (χ1v) is 7.82. The summed E-state index contributed by atoms with van der Waals surface area (Å²) in [7, 11) is 1.63. The third kappa shape index (κ3) is 3.80. The molecule has 5 heteroatoms. The Morgan fingerprint density at radius 3 is 2.80 bits per heavy atom. The van der Waals surface area contributed by atoms with E-state index in [2.05, 4.69) is 43.8 Å². The summed E-state index contributed by atoms with van der Waals surface area (Å²) in [5.41, 5.74) is 2.37. The number of hydrogen-bond donors (Lipinski definition) is 1. The van der Waals surface area contributed by atoms with Crippen LogP contribution in [0.25, 0.3) is 0 Å². The number of methoxy groups -OCH3 is 1. The van der Waals surface area contributed by atoms with Gasteiger partial charge in [-0.2, -0.15) is 0 Å². The van der Waals surface area contributed by atoms with E-state index in [0.717, 1.165) is 19.3 Å². The molecule has 104 valence electrons. The Kier molecular flexibility index (Phi) is 5.56. The van der Waals surface area contributed by atoms with Gasteiger partial charge in [0, 0.05) is 26.4 Å². The molecule has 2 aromatic carbocycles. The number of carbonyl (C=O) groups excluding carboxylic acids is 1. The molecule has 0 atom stereocenters. The van der Waals surface area contributed by atoms with Crippen LogP contribution in [0.1, 0.15) is 15.9 Å². The fourth-order valence-electron chi connectivity index (χ4n) is 1.78. The topological polar surface area (TPSA) is 38.3 Å². The molecule has 2 aromatic rings. The lowest BCUT2D eigenvalue weighted by molar-refractivity contribution is 0.102. The minimum absolute atomic E-state index is 0.126. The summed E-state index contributed by atoms with van der Waals surface area (Å²) >= 11 is 5.54. The Morgan fingerprint density at radius 2 is 2.05 bits per heavy atom. The zero-order chi connectivity index (χ0) is 14.5. The molecule has 1 N–H and O–H groups in total. The second kappa shape index (κ2) is 7.19. The summed E-state index contributed by atoms with van der Waals surface area (Å²) in [5.74, 6) is -0.126. The number of carbonyl (C=O) groups is 1. The van der Waals surface area contributed by atoms with E-state index in [0.29, 0.717) is 12.2 Å². The van der Waals surface area contributed by atoms with E-state index >= 15 is 0 Å². The third-order valence-corrected chi connectivity index (χ3v) is 4.17. The summed E-state index contributed by atoms with van der Waals surface area (Å²) in [6.07, 6.45) is 0. The van der Waals surface area contributed by atoms with Crippen molar-refractivity contribution in [2.75, 3.05) is 12.4 Å². The molecule has 1 amide bonds. The smallest absolute Gasteiger partial charge is 0.256 e. The minimum Gasteiger partial charge on any atom is -0.380 e. The molecule has 3 nitrogen and oxygen atoms in total. The highest BCUT2D eigenvalue weighted by molar-refractivity contribution is 14.1. The number of halogens is 2. The van der Waals surface area contributed by atoms with E-state index in [-0.39, 0.29) is 5.91 Å². The van der Waals surface area contributed by atoms with E-state index in [9.17, 15) is 4.79 Å². The number of amides is 1. The van der Waals surface area contributed by atoms with Gasteiger partial charge >= 0.3 is 0 Å². The number of para-hydroxylation sites is 1. The summed E-state index contributed by atoms with van der Waals surface area (Å²) in [4.78, 5) is 12.4. The Morgan fingerprint density at radius 1 is 1.30 bits per heavy atom. The van der Waals surface area contributed by atoms with Crippen LogP contribution in [-0.2, 0) is 11.3 Å². The summed E-state index contributed by atoms with van der Waals surface area (Å²) in [6.45, 7) is 0.464. The van der Waals surface area contributed by atoms with Gasteiger partial charge in [0.15, 0.2) is 0 Å². The van der Waals surface area contributed by atoms with E-state index < -0.39 is 0 Å². The van der Waals surface area contributed by atoms with Crippen molar-refractivity contribution < 1.29 is 9.53 Å². The summed E-state index contributed by atoms with van der Waals surface area (Å²) in [6, 6.07) is 13.3. The van der Waals surface area contributed by atoms with Crippen LogP contribution in [0, 0.1) is 3.57 Å². The van der Waals surface area contributed by atoms with Crippen LogP contribution in [-0.4, -0.2) is 13.0 Å². The molecule has 0 aromatic heterocycles. The lowest BCUT2D eigenvalue weighted by atomic mass is 10.1. The SMILES string of the molecule is COCc1ccccc1NC(=O)c1cc(Br)ccc1I. The largest absolute Gasteiger partial charge is 0.380 e. The van der Waals surface area contributed by atoms with Gasteiger partial charge in [0.25, 0.3) is 5.91 Å². The fraction of sp³-hybridized carbons (Fsp3) is 0.133. The number of rotatable bonds is 4. The number of anilines is 1. The molecule has 0 radical (unpaired) electrons. The Labute approximate surface area is 140 Å². The molecule has 0 bridgehead atoms. The highest BCUT2D eigenvalue weighted by Gasteiger charge is 2.12. The lowest BCUT2D eigenvalue weighted by Crippen LogP contribution is -2.15. The van der Waals surface area contributed by atoms with Gasteiger partial charge in [0.1, 0.15) is 0 Å². The Balaban J connectivity index is 2.26. The predicted molar refractivity (Wildman–Crippen MR) is 92.0 cm³/mol. The van der Waals surface area contributed by atoms with E-state index in [1.54, 1.807) is 7.11 Å². The summed E-state index contributed by atoms with van der Waals surface area (Å²) in [5, 5.41) is 2.94. The number of ether oxygens (including phenoxy) is 1. The van der Waals surface area contributed by atoms with E-state index in [1.807, 2.05) is 42.5 Å². The van der Waals surface area contributed by atoms with E-state index in [4.69, 9.17) is 4.74 Å². The zero-order valence-electron chi connectivity index (χ0n) is 10.8. The van der Waals surface area contributed by atoms with Crippen molar-refractivity contribution >= 4 is 50.1 Å². The quantitative estimate of drug-likeness (QED) is 0.706. The number of benzene rings is 2. The molecule has 0 heterocycles. The van der Waals surface area contributed by atoms with Crippen LogP contribution < -0.4 is 5.32 Å². The molecule has 0 saturated carbocycles. The molecule has 0 spiro atoms. The van der Waals surface area contributed by atoms with Crippen molar-refractivity contribution in [2.45, 2.75) is 6.61 Å². The van der Waals surface area contributed by atoms with Gasteiger partial charge in [-0.1, -0.05) is 34.1 Å². The average Bonchev–Trinajstić information content (AvgIpc) is 2.44. The second-order valence-corrected chi connectivity index (χ2v) is 6.25. The van der Waals surface area contributed by atoms with Crippen LogP contribution in [0.3, 0.4) is 0 Å². The highest BCUT2D eigenvalue weighted by Crippen LogP contribution is 2.21. The van der Waals surface area contributed by atoms with Crippen LogP contribution in [0.4, 0.5) is 5.69 Å². The maximum Gasteiger partial charge on any atom is 0.256 e. The van der Waals surface area contributed by atoms with Crippen LogP contribution >= 0.6 is 38.5 Å². The van der Waals surface area contributed by atoms with Crippen molar-refractivity contribution in [2.24, 2.45) is 0 Å². The van der Waals surface area contributed by atoms with Crippen LogP contribution in [0.5, 0.6) is 0 Å². The second-order valence-electron chi connectivity index (χ2n) is 4.17. The molecular weight excluding hydrogens is 433 g/mol. The Bertz CT molecular complexity index is 631. The molecule has 0 aliphatic heterocycles. The number of hydrogen-bond acceptors (Lipinski definition) is 2. The molecule has 0 aliphatic rings. The standard InChI is InChI=1S/C15H13BrINO2/c1-20-9-10-4-2-3-5-14(10)18-15(19)12-8-11(16)6-7-13(12)17/h2-8H,9H2,1H3,(H,18,19). The van der Waals surface area contributed by atoms with Crippen molar-refractivity contribution in [1.29, 1.82) is 0 Å². The first-order valence-electron chi connectivity index (χ1n) is 5.95. The van der Waals surface area contributed by atoms with Crippen molar-refractivity contribution in [1.82, 2.24) is 0 Å². The maximum atomic E-state index is 12.4. The fourth-order valence-corrected chi connectivity index (χ4v) is 2.73. The van der Waals surface area contributed by atoms with Gasteiger partial charge in [-0.15, -0.1) is 0 Å². The molecule has 0 saturated heterocycles. The van der Waals surface area contributed by atoms with Gasteiger partial charge in [-0.25, -0.2) is 0 Å². The molecule has 20 heavy (non-hydrogen) atoms. The monoisotopic (exact) mass is 445 g/mol. The van der Waals surface area contributed by atoms with Crippen LogP contribution in [0.15, 0.2) is 46.9 Å². The number of nitrogens with one attached hydrogen (secondary N) is 1. The highest BCUT2D eigenvalue weighted by atomic mass is 127. The Hall–Kier alpha value is -0.920. The molecule has 0 aliphatic carbocycles. The molecule has 0 fully saturated rings. The van der Waals surface area contributed by atoms with Gasteiger partial charge in [-0.05, 0) is 46.9 Å². The van der Waals surface area contributed by atoms with Crippen molar-refractivity contribution in [3.8, 4) is 0 Å². The van der Waals surface area contributed by atoms with Gasteiger partial charge in [0.05, 0.1) is 12.2 Å². The maximum absolute atomic E-state index is 12.4. The van der Waals surface area contributed by atoms with E-state index in [1.165, 1.54) is 0 Å². The average molecular weight is 446 g/mol. The molecular formula is C15H13BrINO2. The van der Waals surface area contributed by atoms with Crippen molar-refractivity contribution in [3.05, 3.63) is 61.6 Å². The first-order chi connectivity index (χ1) is 9.61. The summed E-state index contributed by atoms with van der Waals surface area (Å²) < 4.78 is 6.93. The minimum atomic E-state index is -0.126. The molecule has 0 unspecified atom stereocenters. The van der Waals surface area contributed by atoms with Gasteiger partial charge in [0.2, 0.25) is 0 Å². The van der Waals surface area contributed by atoms with Crippen molar-refractivity contribution in [3.63, 3.8) is 0 Å².